The van der Waals surface area contributed by atoms with Crippen molar-refractivity contribution in [3.63, 3.8) is 0 Å². The Labute approximate surface area is 111 Å². The molecule has 1 aromatic heterocycles. The van der Waals surface area contributed by atoms with Gasteiger partial charge in [-0.3, -0.25) is 4.79 Å². The van der Waals surface area contributed by atoms with E-state index < -0.39 is 0 Å². The van der Waals surface area contributed by atoms with Crippen LogP contribution in [-0.4, -0.2) is 9.97 Å². The Bertz CT molecular complexity index is 597. The molecule has 1 aromatic carbocycles. The molecule has 0 aliphatic carbocycles. The maximum atomic E-state index is 12.8. The molecule has 2 rings (SSSR count). The Morgan fingerprint density at radius 1 is 1.39 bits per heavy atom. The number of aromatic nitrogens is 2. The number of benzene rings is 1. The largest absolute Gasteiger partial charge is 0.362 e. The minimum atomic E-state index is -0.276. The molecule has 0 aliphatic rings. The van der Waals surface area contributed by atoms with Crippen molar-refractivity contribution >= 4 is 21.7 Å². The third kappa shape index (κ3) is 2.76. The monoisotopic (exact) mass is 311 g/mol. The fourth-order valence-corrected chi connectivity index (χ4v) is 1.85. The fraction of sp³-hybridized carbons (Fsp3) is 0.167. The van der Waals surface area contributed by atoms with Crippen molar-refractivity contribution < 1.29 is 4.39 Å². The summed E-state index contributed by atoms with van der Waals surface area (Å²) < 4.78 is 13.2. The van der Waals surface area contributed by atoms with Crippen molar-refractivity contribution in [3.05, 3.63) is 56.8 Å². The molecular formula is C12H11BrFN3O. The molecular weight excluding hydrogens is 301 g/mol. The molecule has 0 bridgehead atoms. The van der Waals surface area contributed by atoms with Crippen LogP contribution in [0.1, 0.15) is 18.5 Å². The molecule has 4 nitrogen and oxygen atoms in total. The lowest BCUT2D eigenvalue weighted by molar-refractivity contribution is 0.626. The quantitative estimate of drug-likeness (QED) is 0.916. The standard InChI is InChI=1S/C12H11BrFN3O/c1-7(8-2-4-9(14)5-3-8)17-11-10(13)12(18)16-6-15-11/h2-7H,1H3,(H2,15,16,17,18). The van der Waals surface area contributed by atoms with E-state index in [0.29, 0.717) is 10.3 Å². The number of aromatic amines is 1. The van der Waals surface area contributed by atoms with Crippen LogP contribution < -0.4 is 10.9 Å². The van der Waals surface area contributed by atoms with Gasteiger partial charge >= 0.3 is 0 Å². The molecule has 0 saturated heterocycles. The Hall–Kier alpha value is -1.69. The minimum Gasteiger partial charge on any atom is -0.362 e. The zero-order valence-corrected chi connectivity index (χ0v) is 11.2. The van der Waals surface area contributed by atoms with Gasteiger partial charge in [0.05, 0.1) is 6.33 Å². The second-order valence-corrected chi connectivity index (χ2v) is 4.60. The van der Waals surface area contributed by atoms with Gasteiger partial charge in [0.25, 0.3) is 5.56 Å². The fourth-order valence-electron chi connectivity index (χ4n) is 1.52. The van der Waals surface area contributed by atoms with Crippen LogP contribution in [0, 0.1) is 5.82 Å². The van der Waals surface area contributed by atoms with Gasteiger partial charge in [-0.1, -0.05) is 12.1 Å². The molecule has 94 valence electrons. The molecule has 6 heteroatoms. The molecule has 0 amide bonds. The van der Waals surface area contributed by atoms with Crippen molar-refractivity contribution in [1.29, 1.82) is 0 Å². The SMILES string of the molecule is CC(Nc1nc[nH]c(=O)c1Br)c1ccc(F)cc1. The van der Waals surface area contributed by atoms with Crippen molar-refractivity contribution in [1.82, 2.24) is 9.97 Å². The molecule has 2 N–H and O–H groups in total. The molecule has 1 atom stereocenters. The first-order valence-corrected chi connectivity index (χ1v) is 6.12. The summed E-state index contributed by atoms with van der Waals surface area (Å²) in [5, 5.41) is 3.09. The number of hydrogen-bond acceptors (Lipinski definition) is 3. The summed E-state index contributed by atoms with van der Waals surface area (Å²) in [4.78, 5) is 17.9. The van der Waals surface area contributed by atoms with Crippen molar-refractivity contribution in [2.45, 2.75) is 13.0 Å². The average Bonchev–Trinajstić information content (AvgIpc) is 2.36. The van der Waals surface area contributed by atoms with Crippen molar-refractivity contribution in [2.24, 2.45) is 0 Å². The molecule has 0 saturated carbocycles. The van der Waals surface area contributed by atoms with Gasteiger partial charge < -0.3 is 10.3 Å². The number of nitrogens with zero attached hydrogens (tertiary/aromatic N) is 1. The highest BCUT2D eigenvalue weighted by Crippen LogP contribution is 2.21. The Kier molecular flexibility index (Phi) is 3.76. The van der Waals surface area contributed by atoms with Crippen LogP contribution in [0.15, 0.2) is 39.9 Å². The highest BCUT2D eigenvalue weighted by atomic mass is 79.9. The third-order valence-corrected chi connectivity index (χ3v) is 3.26. The second-order valence-electron chi connectivity index (χ2n) is 3.81. The predicted octanol–water partition coefficient (Wildman–Crippen LogP) is 2.84. The lowest BCUT2D eigenvalue weighted by Gasteiger charge is -2.15. The van der Waals surface area contributed by atoms with Gasteiger partial charge in [0.15, 0.2) is 0 Å². The number of rotatable bonds is 3. The van der Waals surface area contributed by atoms with Crippen molar-refractivity contribution in [3.8, 4) is 0 Å². The van der Waals surface area contributed by atoms with E-state index in [-0.39, 0.29) is 17.4 Å². The van der Waals surface area contributed by atoms with E-state index in [2.05, 4.69) is 31.2 Å². The Morgan fingerprint density at radius 3 is 2.72 bits per heavy atom. The summed E-state index contributed by atoms with van der Waals surface area (Å²) in [6, 6.07) is 6.08. The van der Waals surface area contributed by atoms with Gasteiger partial charge in [-0.2, -0.15) is 0 Å². The summed E-state index contributed by atoms with van der Waals surface area (Å²) in [5.41, 5.74) is 0.657. The van der Waals surface area contributed by atoms with Crippen molar-refractivity contribution in [2.75, 3.05) is 5.32 Å². The van der Waals surface area contributed by atoms with Crippen LogP contribution in [0.4, 0.5) is 10.2 Å². The maximum Gasteiger partial charge on any atom is 0.267 e. The third-order valence-electron chi connectivity index (χ3n) is 2.52. The van der Waals surface area contributed by atoms with Crippen LogP contribution in [0.3, 0.4) is 0 Å². The Morgan fingerprint density at radius 2 is 2.06 bits per heavy atom. The van der Waals surface area contributed by atoms with E-state index in [4.69, 9.17) is 0 Å². The zero-order chi connectivity index (χ0) is 13.1. The van der Waals surface area contributed by atoms with E-state index >= 15 is 0 Å². The van der Waals surface area contributed by atoms with Crippen LogP contribution in [-0.2, 0) is 0 Å². The lowest BCUT2D eigenvalue weighted by atomic mass is 10.1. The summed E-state index contributed by atoms with van der Waals surface area (Å²) in [5.74, 6) is 0.178. The molecule has 0 spiro atoms. The highest BCUT2D eigenvalue weighted by Gasteiger charge is 2.10. The van der Waals surface area contributed by atoms with Crippen LogP contribution >= 0.6 is 15.9 Å². The molecule has 0 fully saturated rings. The highest BCUT2D eigenvalue weighted by molar-refractivity contribution is 9.10. The topological polar surface area (TPSA) is 57.8 Å². The number of hydrogen-bond donors (Lipinski definition) is 2. The molecule has 1 unspecified atom stereocenters. The van der Waals surface area contributed by atoms with E-state index in [9.17, 15) is 9.18 Å². The molecule has 1 heterocycles. The summed E-state index contributed by atoms with van der Waals surface area (Å²) in [6.07, 6.45) is 1.33. The van der Waals surface area contributed by atoms with Gasteiger partial charge in [-0.05, 0) is 40.5 Å². The normalized spacial score (nSPS) is 12.2. The first-order chi connectivity index (χ1) is 8.58. The van der Waals surface area contributed by atoms with Crippen LogP contribution in [0.2, 0.25) is 0 Å². The molecule has 18 heavy (non-hydrogen) atoms. The number of H-pyrrole nitrogens is 1. The number of anilines is 1. The maximum absolute atomic E-state index is 12.8. The number of nitrogens with one attached hydrogen (secondary N) is 2. The molecule has 0 aliphatic heterocycles. The first kappa shape index (κ1) is 12.8. The average molecular weight is 312 g/mol. The van der Waals surface area contributed by atoms with Crippen LogP contribution in [0.5, 0.6) is 0 Å². The summed E-state index contributed by atoms with van der Waals surface area (Å²) >= 11 is 3.16. The lowest BCUT2D eigenvalue weighted by Crippen LogP contribution is -2.14. The van der Waals surface area contributed by atoms with Gasteiger partial charge in [-0.25, -0.2) is 9.37 Å². The van der Waals surface area contributed by atoms with Crippen LogP contribution in [0.25, 0.3) is 0 Å². The smallest absolute Gasteiger partial charge is 0.267 e. The summed E-state index contributed by atoms with van der Waals surface area (Å²) in [6.45, 7) is 1.91. The van der Waals surface area contributed by atoms with E-state index in [1.165, 1.54) is 18.5 Å². The number of halogens is 2. The van der Waals surface area contributed by atoms with E-state index in [0.717, 1.165) is 5.56 Å². The first-order valence-electron chi connectivity index (χ1n) is 5.33. The molecule has 0 radical (unpaired) electrons. The summed E-state index contributed by atoms with van der Waals surface area (Å²) in [7, 11) is 0. The Balaban J connectivity index is 2.21. The zero-order valence-electron chi connectivity index (χ0n) is 9.58. The second kappa shape index (κ2) is 5.30. The van der Waals surface area contributed by atoms with Gasteiger partial charge in [-0.15, -0.1) is 0 Å². The van der Waals surface area contributed by atoms with E-state index in [1.54, 1.807) is 12.1 Å². The molecule has 2 aromatic rings. The predicted molar refractivity (Wildman–Crippen MR) is 71.0 cm³/mol. The van der Waals surface area contributed by atoms with Gasteiger partial charge in [0.2, 0.25) is 0 Å². The van der Waals surface area contributed by atoms with Gasteiger partial charge in [0.1, 0.15) is 16.1 Å². The van der Waals surface area contributed by atoms with Gasteiger partial charge in [0, 0.05) is 6.04 Å². The minimum absolute atomic E-state index is 0.0869. The van der Waals surface area contributed by atoms with E-state index in [1.807, 2.05) is 6.92 Å².